The Morgan fingerprint density at radius 1 is 1.19 bits per heavy atom. The van der Waals surface area contributed by atoms with Gasteiger partial charge in [0.1, 0.15) is 12.4 Å². The number of halogens is 1. The lowest BCUT2D eigenvalue weighted by Crippen LogP contribution is -2.07. The summed E-state index contributed by atoms with van der Waals surface area (Å²) in [6.45, 7) is 7.20. The first kappa shape index (κ1) is 20.1. The first-order valence-electron chi connectivity index (χ1n) is 8.27. The van der Waals surface area contributed by atoms with E-state index in [1.807, 2.05) is 43.3 Å². The lowest BCUT2D eigenvalue weighted by molar-refractivity contribution is 0.295. The Morgan fingerprint density at radius 3 is 2.73 bits per heavy atom. The second-order valence-electron chi connectivity index (χ2n) is 5.27. The molecule has 26 heavy (non-hydrogen) atoms. The minimum absolute atomic E-state index is 0.434. The predicted octanol–water partition coefficient (Wildman–Crippen LogP) is 4.39. The molecule has 0 amide bonds. The zero-order chi connectivity index (χ0) is 18.8. The molecule has 6 heteroatoms. The molecule has 0 atom stereocenters. The van der Waals surface area contributed by atoms with Crippen molar-refractivity contribution in [2.24, 2.45) is 5.10 Å². The van der Waals surface area contributed by atoms with Crippen molar-refractivity contribution in [3.63, 3.8) is 0 Å². The largest absolute Gasteiger partial charge is 0.496 e. The molecule has 5 nitrogen and oxygen atoms in total. The van der Waals surface area contributed by atoms with Crippen LogP contribution in [0.3, 0.4) is 0 Å². The third kappa shape index (κ3) is 5.66. The normalized spacial score (nSPS) is 10.6. The van der Waals surface area contributed by atoms with E-state index < -0.39 is 0 Å². The molecule has 0 aliphatic heterocycles. The van der Waals surface area contributed by atoms with Gasteiger partial charge in [0.2, 0.25) is 0 Å². The first-order valence-corrected chi connectivity index (χ1v) is 9.35. The van der Waals surface area contributed by atoms with Gasteiger partial charge in [0, 0.05) is 5.56 Å². The molecule has 0 bridgehead atoms. The topological polar surface area (TPSA) is 52.1 Å². The van der Waals surface area contributed by atoms with Crippen LogP contribution in [0.5, 0.6) is 17.2 Å². The zero-order valence-electron chi connectivity index (χ0n) is 15.0. The molecular formula is C20H23IN2O3. The summed E-state index contributed by atoms with van der Waals surface area (Å²) >= 11 is 2.23. The van der Waals surface area contributed by atoms with Crippen LogP contribution in [0.15, 0.2) is 54.2 Å². The maximum Gasteiger partial charge on any atom is 0.174 e. The van der Waals surface area contributed by atoms with E-state index in [0.717, 1.165) is 26.2 Å². The Morgan fingerprint density at radius 2 is 2.00 bits per heavy atom. The van der Waals surface area contributed by atoms with Crippen LogP contribution >= 0.6 is 22.6 Å². The molecular weight excluding hydrogens is 443 g/mol. The number of rotatable bonds is 10. The lowest BCUT2D eigenvalue weighted by Gasteiger charge is -2.13. The smallest absolute Gasteiger partial charge is 0.174 e. The number of nitrogens with one attached hydrogen (secondary N) is 1. The molecule has 0 radical (unpaired) electrons. The van der Waals surface area contributed by atoms with Crippen LogP contribution in [0.2, 0.25) is 0 Å². The molecule has 0 unspecified atom stereocenters. The molecule has 2 aromatic carbocycles. The van der Waals surface area contributed by atoms with Gasteiger partial charge >= 0.3 is 0 Å². The molecule has 0 saturated carbocycles. The Bertz CT molecular complexity index is 763. The highest BCUT2D eigenvalue weighted by Gasteiger charge is 2.11. The van der Waals surface area contributed by atoms with Crippen LogP contribution in [0.1, 0.15) is 18.1 Å². The Balaban J connectivity index is 2.08. The van der Waals surface area contributed by atoms with Crippen molar-refractivity contribution >= 4 is 28.8 Å². The van der Waals surface area contributed by atoms with Crippen molar-refractivity contribution in [2.45, 2.75) is 13.5 Å². The van der Waals surface area contributed by atoms with Crippen molar-refractivity contribution in [3.05, 3.63) is 63.8 Å². The van der Waals surface area contributed by atoms with E-state index in [2.05, 4.69) is 39.7 Å². The van der Waals surface area contributed by atoms with Crippen LogP contribution in [0.4, 0.5) is 0 Å². The third-order valence-corrected chi connectivity index (χ3v) is 4.25. The fraction of sp³-hybridized carbons (Fsp3) is 0.250. The molecule has 2 rings (SSSR count). The lowest BCUT2D eigenvalue weighted by atomic mass is 10.2. The number of benzene rings is 2. The maximum atomic E-state index is 5.71. The summed E-state index contributed by atoms with van der Waals surface area (Å²) in [7, 11) is 1.66. The summed E-state index contributed by atoms with van der Waals surface area (Å²) in [5.41, 5.74) is 5.02. The number of hydrazone groups is 1. The van der Waals surface area contributed by atoms with Crippen LogP contribution in [0, 0.1) is 3.57 Å². The number of hydrogen-bond acceptors (Lipinski definition) is 5. The second-order valence-corrected chi connectivity index (χ2v) is 6.43. The fourth-order valence-electron chi connectivity index (χ4n) is 2.31. The number of nitrogens with zero attached hydrogens (tertiary/aromatic N) is 1. The molecule has 138 valence electrons. The van der Waals surface area contributed by atoms with Crippen LogP contribution in [-0.2, 0) is 6.54 Å². The van der Waals surface area contributed by atoms with Gasteiger partial charge in [-0.1, -0.05) is 30.9 Å². The summed E-state index contributed by atoms with van der Waals surface area (Å²) < 4.78 is 17.7. The van der Waals surface area contributed by atoms with Gasteiger partial charge < -0.3 is 19.6 Å². The molecule has 0 aliphatic carbocycles. The Hall–Kier alpha value is -2.22. The highest BCUT2D eigenvalue weighted by atomic mass is 127. The molecule has 0 aromatic heterocycles. The second kappa shape index (κ2) is 10.7. The highest BCUT2D eigenvalue weighted by Crippen LogP contribution is 2.33. The van der Waals surface area contributed by atoms with E-state index in [1.54, 1.807) is 19.4 Å². The van der Waals surface area contributed by atoms with E-state index in [0.29, 0.717) is 25.5 Å². The molecule has 1 N–H and O–H groups in total. The quantitative estimate of drug-likeness (QED) is 0.244. The number of para-hydroxylation sites is 1. The average Bonchev–Trinajstić information content (AvgIpc) is 2.65. The molecule has 0 aliphatic rings. The van der Waals surface area contributed by atoms with Crippen molar-refractivity contribution < 1.29 is 14.2 Å². The SMILES string of the molecule is C=CCOc1c(I)cc(/C=N/NCc2ccccc2OC)cc1OCC. The van der Waals surface area contributed by atoms with E-state index in [-0.39, 0.29) is 0 Å². The van der Waals surface area contributed by atoms with Gasteiger partial charge in [-0.25, -0.2) is 0 Å². The summed E-state index contributed by atoms with van der Waals surface area (Å²) in [5.74, 6) is 2.27. The summed E-state index contributed by atoms with van der Waals surface area (Å²) in [4.78, 5) is 0. The van der Waals surface area contributed by atoms with Gasteiger partial charge in [-0.3, -0.25) is 0 Å². The Kier molecular flexibility index (Phi) is 8.27. The van der Waals surface area contributed by atoms with Crippen LogP contribution in [-0.4, -0.2) is 26.5 Å². The van der Waals surface area contributed by atoms with Crippen molar-refractivity contribution in [1.29, 1.82) is 0 Å². The molecule has 0 heterocycles. The molecule has 0 spiro atoms. The zero-order valence-corrected chi connectivity index (χ0v) is 17.2. The fourth-order valence-corrected chi connectivity index (χ4v) is 3.09. The summed E-state index contributed by atoms with van der Waals surface area (Å²) in [6, 6.07) is 11.8. The maximum absolute atomic E-state index is 5.71. The van der Waals surface area contributed by atoms with Gasteiger partial charge in [-0.2, -0.15) is 5.10 Å². The van der Waals surface area contributed by atoms with E-state index in [9.17, 15) is 0 Å². The average molecular weight is 466 g/mol. The minimum atomic E-state index is 0.434. The van der Waals surface area contributed by atoms with Crippen LogP contribution in [0.25, 0.3) is 0 Å². The van der Waals surface area contributed by atoms with Gasteiger partial charge in [-0.15, -0.1) is 0 Å². The van der Waals surface area contributed by atoms with E-state index in [4.69, 9.17) is 14.2 Å². The number of ether oxygens (including phenoxy) is 3. The van der Waals surface area contributed by atoms with Crippen LogP contribution < -0.4 is 19.6 Å². The monoisotopic (exact) mass is 466 g/mol. The van der Waals surface area contributed by atoms with Gasteiger partial charge in [0.15, 0.2) is 11.5 Å². The first-order chi connectivity index (χ1) is 12.7. The predicted molar refractivity (Wildman–Crippen MR) is 113 cm³/mol. The molecule has 2 aromatic rings. The van der Waals surface area contributed by atoms with Gasteiger partial charge in [0.05, 0.1) is 30.0 Å². The van der Waals surface area contributed by atoms with Crippen molar-refractivity contribution in [2.75, 3.05) is 20.3 Å². The standard InChI is InChI=1S/C20H23IN2O3/c1-4-10-26-20-17(21)11-15(12-19(20)25-5-2)13-22-23-14-16-8-6-7-9-18(16)24-3/h4,6-9,11-13,23H,1,5,10,14H2,2-3H3/b22-13+. The summed E-state index contributed by atoms with van der Waals surface area (Å²) in [5, 5.41) is 4.30. The minimum Gasteiger partial charge on any atom is -0.496 e. The highest BCUT2D eigenvalue weighted by molar-refractivity contribution is 14.1. The van der Waals surface area contributed by atoms with Crippen molar-refractivity contribution in [3.8, 4) is 17.2 Å². The summed E-state index contributed by atoms with van der Waals surface area (Å²) in [6.07, 6.45) is 3.47. The van der Waals surface area contributed by atoms with Gasteiger partial charge in [-0.05, 0) is 53.3 Å². The number of methoxy groups -OCH3 is 1. The van der Waals surface area contributed by atoms with E-state index >= 15 is 0 Å². The molecule has 0 saturated heterocycles. The molecule has 0 fully saturated rings. The van der Waals surface area contributed by atoms with Crippen molar-refractivity contribution in [1.82, 2.24) is 5.43 Å². The van der Waals surface area contributed by atoms with E-state index in [1.165, 1.54) is 0 Å². The van der Waals surface area contributed by atoms with Gasteiger partial charge in [0.25, 0.3) is 0 Å². The third-order valence-electron chi connectivity index (χ3n) is 3.44. The Labute approximate surface area is 168 Å². The number of hydrogen-bond donors (Lipinski definition) is 1.